The van der Waals surface area contributed by atoms with Gasteiger partial charge in [0.05, 0.1) is 16.6 Å². The lowest BCUT2D eigenvalue weighted by atomic mass is 10.2. The number of aryl methyl sites for hydroxylation is 1. The number of carbonyl (C=O) groups excluding carboxylic acids is 2. The Morgan fingerprint density at radius 1 is 1.22 bits per heavy atom. The molecule has 2 aromatic rings. The molecule has 2 rings (SSSR count). The summed E-state index contributed by atoms with van der Waals surface area (Å²) in [5, 5.41) is 2.88. The summed E-state index contributed by atoms with van der Waals surface area (Å²) in [6, 6.07) is 8.95. The van der Waals surface area contributed by atoms with Crippen LogP contribution in [-0.4, -0.2) is 49.0 Å². The predicted octanol–water partition coefficient (Wildman–Crippen LogP) is 4.23. The third-order valence-electron chi connectivity index (χ3n) is 3.87. The van der Waals surface area contributed by atoms with Crippen molar-refractivity contribution in [2.45, 2.75) is 20.4 Å². The molecule has 8 heteroatoms. The summed E-state index contributed by atoms with van der Waals surface area (Å²) in [6.45, 7) is 4.76. The van der Waals surface area contributed by atoms with Crippen molar-refractivity contribution in [1.82, 2.24) is 9.80 Å². The van der Waals surface area contributed by atoms with Gasteiger partial charge < -0.3 is 19.9 Å². The van der Waals surface area contributed by atoms with E-state index in [1.165, 1.54) is 16.2 Å². The Morgan fingerprint density at radius 2 is 1.96 bits per heavy atom. The minimum Gasteiger partial charge on any atom is -0.482 e. The highest BCUT2D eigenvalue weighted by Crippen LogP contribution is 2.27. The van der Waals surface area contributed by atoms with Gasteiger partial charge in [0.15, 0.2) is 6.61 Å². The van der Waals surface area contributed by atoms with E-state index in [-0.39, 0.29) is 18.5 Å². The molecular formula is C19H24ClN3O3S. The second-order valence-corrected chi connectivity index (χ2v) is 8.03. The summed E-state index contributed by atoms with van der Waals surface area (Å²) in [4.78, 5) is 28.6. The number of thiophene rings is 1. The molecule has 1 N–H and O–H groups in total. The molecule has 0 aliphatic carbocycles. The van der Waals surface area contributed by atoms with Gasteiger partial charge in [0.25, 0.3) is 5.91 Å². The number of hydrogen-bond acceptors (Lipinski definition) is 4. The summed E-state index contributed by atoms with van der Waals surface area (Å²) in [7, 11) is 3.33. The van der Waals surface area contributed by atoms with Crippen LogP contribution in [0.25, 0.3) is 0 Å². The number of benzene rings is 1. The van der Waals surface area contributed by atoms with Gasteiger partial charge in [-0.3, -0.25) is 4.79 Å². The molecule has 0 radical (unpaired) electrons. The van der Waals surface area contributed by atoms with E-state index in [9.17, 15) is 9.59 Å². The maximum absolute atomic E-state index is 12.7. The number of nitrogens with one attached hydrogen (secondary N) is 1. The van der Waals surface area contributed by atoms with E-state index in [4.69, 9.17) is 16.3 Å². The number of anilines is 1. The van der Waals surface area contributed by atoms with Crippen LogP contribution in [0.4, 0.5) is 10.5 Å². The Hall–Kier alpha value is -2.25. The molecule has 27 heavy (non-hydrogen) atoms. The van der Waals surface area contributed by atoms with Crippen molar-refractivity contribution < 1.29 is 14.3 Å². The Morgan fingerprint density at radius 3 is 2.56 bits per heavy atom. The Bertz CT molecular complexity index is 807. The van der Waals surface area contributed by atoms with Gasteiger partial charge in [0, 0.05) is 25.5 Å². The fourth-order valence-electron chi connectivity index (χ4n) is 2.27. The Balaban J connectivity index is 2.09. The van der Waals surface area contributed by atoms with E-state index in [1.807, 2.05) is 32.0 Å². The van der Waals surface area contributed by atoms with Crippen molar-refractivity contribution >= 4 is 40.6 Å². The molecule has 1 aromatic heterocycles. The van der Waals surface area contributed by atoms with E-state index in [0.29, 0.717) is 28.9 Å². The van der Waals surface area contributed by atoms with Crippen molar-refractivity contribution in [1.29, 1.82) is 0 Å². The number of ether oxygens (including phenoxy) is 1. The molecule has 0 fully saturated rings. The standard InChI is InChI=1S/C19H24ClN3O3S/c1-5-23(11-14-7-9-17(20)27-14)19(25)21-15-8-6-13(2)10-16(15)26-12-18(24)22(3)4/h6-10H,5,11-12H2,1-4H3,(H,21,25). The lowest BCUT2D eigenvalue weighted by Gasteiger charge is -2.22. The van der Waals surface area contributed by atoms with Crippen molar-refractivity contribution in [2.24, 2.45) is 0 Å². The molecule has 0 bridgehead atoms. The molecule has 3 amide bonds. The second kappa shape index (κ2) is 9.62. The molecule has 0 unspecified atom stereocenters. The summed E-state index contributed by atoms with van der Waals surface area (Å²) >= 11 is 7.42. The van der Waals surface area contributed by atoms with Crippen molar-refractivity contribution in [3.05, 3.63) is 45.1 Å². The van der Waals surface area contributed by atoms with Gasteiger partial charge in [-0.25, -0.2) is 4.79 Å². The van der Waals surface area contributed by atoms with Crippen LogP contribution in [0.1, 0.15) is 17.4 Å². The van der Waals surface area contributed by atoms with Crippen LogP contribution in [0, 0.1) is 6.92 Å². The first-order valence-electron chi connectivity index (χ1n) is 8.54. The van der Waals surface area contributed by atoms with Crippen molar-refractivity contribution in [3.8, 4) is 5.75 Å². The van der Waals surface area contributed by atoms with Crippen LogP contribution >= 0.6 is 22.9 Å². The van der Waals surface area contributed by atoms with Crippen LogP contribution in [0.2, 0.25) is 4.34 Å². The highest BCUT2D eigenvalue weighted by atomic mass is 35.5. The van der Waals surface area contributed by atoms with Gasteiger partial charge in [0.1, 0.15) is 5.75 Å². The fraction of sp³-hybridized carbons (Fsp3) is 0.368. The molecular weight excluding hydrogens is 386 g/mol. The first-order chi connectivity index (χ1) is 12.8. The largest absolute Gasteiger partial charge is 0.482 e. The van der Waals surface area contributed by atoms with Gasteiger partial charge in [-0.2, -0.15) is 0 Å². The summed E-state index contributed by atoms with van der Waals surface area (Å²) in [5.41, 5.74) is 1.50. The minimum atomic E-state index is -0.241. The normalized spacial score (nSPS) is 10.4. The molecule has 0 saturated heterocycles. The Labute approximate surface area is 168 Å². The van der Waals surface area contributed by atoms with Crippen molar-refractivity contribution in [2.75, 3.05) is 32.6 Å². The zero-order valence-corrected chi connectivity index (χ0v) is 17.5. The highest BCUT2D eigenvalue weighted by molar-refractivity contribution is 7.16. The van der Waals surface area contributed by atoms with Gasteiger partial charge in [0.2, 0.25) is 0 Å². The third kappa shape index (κ3) is 6.15. The SMILES string of the molecule is CCN(Cc1ccc(Cl)s1)C(=O)Nc1ccc(C)cc1OCC(=O)N(C)C. The second-order valence-electron chi connectivity index (χ2n) is 6.23. The fourth-order valence-corrected chi connectivity index (χ4v) is 3.37. The van der Waals surface area contributed by atoms with Gasteiger partial charge >= 0.3 is 6.03 Å². The summed E-state index contributed by atoms with van der Waals surface area (Å²) < 4.78 is 6.33. The van der Waals surface area contributed by atoms with Gasteiger partial charge in [-0.15, -0.1) is 11.3 Å². The lowest BCUT2D eigenvalue weighted by molar-refractivity contribution is -0.130. The monoisotopic (exact) mass is 409 g/mol. The zero-order valence-electron chi connectivity index (χ0n) is 15.9. The zero-order chi connectivity index (χ0) is 20.0. The number of carbonyl (C=O) groups is 2. The topological polar surface area (TPSA) is 61.9 Å². The van der Waals surface area contributed by atoms with Gasteiger partial charge in [-0.05, 0) is 43.7 Å². The lowest BCUT2D eigenvalue weighted by Crippen LogP contribution is -2.34. The minimum absolute atomic E-state index is 0.0927. The highest BCUT2D eigenvalue weighted by Gasteiger charge is 2.16. The van der Waals surface area contributed by atoms with Crippen LogP contribution < -0.4 is 10.1 Å². The molecule has 0 saturated carbocycles. The smallest absolute Gasteiger partial charge is 0.322 e. The molecule has 1 heterocycles. The molecule has 6 nitrogen and oxygen atoms in total. The maximum atomic E-state index is 12.7. The number of rotatable bonds is 7. The van der Waals surface area contributed by atoms with E-state index < -0.39 is 0 Å². The number of urea groups is 1. The first-order valence-corrected chi connectivity index (χ1v) is 9.73. The van der Waals surface area contributed by atoms with E-state index in [1.54, 1.807) is 31.1 Å². The molecule has 0 atom stereocenters. The summed E-state index contributed by atoms with van der Waals surface area (Å²) in [6.07, 6.45) is 0. The van der Waals surface area contributed by atoms with E-state index in [2.05, 4.69) is 5.32 Å². The maximum Gasteiger partial charge on any atom is 0.322 e. The average Bonchev–Trinajstić information content (AvgIpc) is 3.04. The van der Waals surface area contributed by atoms with Crippen LogP contribution in [0.15, 0.2) is 30.3 Å². The van der Waals surface area contributed by atoms with E-state index >= 15 is 0 Å². The third-order valence-corrected chi connectivity index (χ3v) is 5.09. The molecule has 146 valence electrons. The van der Waals surface area contributed by atoms with Crippen molar-refractivity contribution in [3.63, 3.8) is 0 Å². The quantitative estimate of drug-likeness (QED) is 0.744. The first kappa shape index (κ1) is 21.1. The van der Waals surface area contributed by atoms with Crippen LogP contribution in [0.5, 0.6) is 5.75 Å². The Kier molecular flexibility index (Phi) is 7.50. The molecule has 1 aromatic carbocycles. The average molecular weight is 410 g/mol. The van der Waals surface area contributed by atoms with Gasteiger partial charge in [-0.1, -0.05) is 17.7 Å². The molecule has 0 aliphatic rings. The van der Waals surface area contributed by atoms with Crippen LogP contribution in [-0.2, 0) is 11.3 Å². The molecule has 0 spiro atoms. The number of hydrogen-bond donors (Lipinski definition) is 1. The molecule has 0 aliphatic heterocycles. The summed E-state index contributed by atoms with van der Waals surface area (Å²) in [5.74, 6) is 0.312. The van der Waals surface area contributed by atoms with E-state index in [0.717, 1.165) is 10.4 Å². The number of likely N-dealkylation sites (N-methyl/N-ethyl adjacent to an activating group) is 1. The number of halogens is 1. The van der Waals surface area contributed by atoms with Crippen LogP contribution in [0.3, 0.4) is 0 Å². The number of amides is 3. The number of nitrogens with zero attached hydrogens (tertiary/aromatic N) is 2. The predicted molar refractivity (Wildman–Crippen MR) is 110 cm³/mol.